The zero-order chi connectivity index (χ0) is 16.4. The fraction of sp³-hybridized carbons (Fsp3) is 0.471. The molecule has 5 nitrogen and oxygen atoms in total. The Balaban J connectivity index is 1.63. The lowest BCUT2D eigenvalue weighted by molar-refractivity contribution is -0.141. The summed E-state index contributed by atoms with van der Waals surface area (Å²) in [6.45, 7) is 5.33. The van der Waals surface area contributed by atoms with Crippen LogP contribution in [0.2, 0.25) is 0 Å². The first-order valence-electron chi connectivity index (χ1n) is 7.87. The van der Waals surface area contributed by atoms with Crippen LogP contribution in [0, 0.1) is 5.92 Å². The number of benzene rings is 1. The van der Waals surface area contributed by atoms with Crippen molar-refractivity contribution < 1.29 is 14.3 Å². The van der Waals surface area contributed by atoms with Crippen molar-refractivity contribution in [2.24, 2.45) is 5.92 Å². The average Bonchev–Trinajstić information content (AvgIpc) is 3.02. The smallest absolute Gasteiger partial charge is 0.338 e. The third kappa shape index (κ3) is 3.52. The van der Waals surface area contributed by atoms with Crippen LogP contribution in [0.3, 0.4) is 0 Å². The summed E-state index contributed by atoms with van der Waals surface area (Å²) in [6.07, 6.45) is 1.26. The van der Waals surface area contributed by atoms with Crippen molar-refractivity contribution in [3.8, 4) is 0 Å². The Hall–Kier alpha value is -1.95. The first kappa shape index (κ1) is 15.9. The van der Waals surface area contributed by atoms with Crippen molar-refractivity contribution in [1.29, 1.82) is 0 Å². The summed E-state index contributed by atoms with van der Waals surface area (Å²) in [7, 11) is 0. The number of fused-ring (bicyclic) bond motifs is 1. The van der Waals surface area contributed by atoms with Gasteiger partial charge in [0.25, 0.3) is 5.91 Å². The van der Waals surface area contributed by atoms with Crippen molar-refractivity contribution >= 4 is 33.4 Å². The molecule has 1 fully saturated rings. The van der Waals surface area contributed by atoms with E-state index < -0.39 is 12.1 Å². The molecule has 0 saturated carbocycles. The minimum absolute atomic E-state index is 0.107. The topological polar surface area (TPSA) is 59.5 Å². The van der Waals surface area contributed by atoms with E-state index in [1.54, 1.807) is 35.5 Å². The van der Waals surface area contributed by atoms with Crippen molar-refractivity contribution in [2.45, 2.75) is 32.8 Å². The number of likely N-dealkylation sites (tertiary alicyclic amines) is 1. The van der Waals surface area contributed by atoms with E-state index in [1.807, 2.05) is 0 Å². The zero-order valence-corrected chi connectivity index (χ0v) is 14.1. The van der Waals surface area contributed by atoms with Crippen LogP contribution in [0.4, 0.5) is 0 Å². The number of aromatic nitrogens is 1. The fourth-order valence-electron chi connectivity index (χ4n) is 2.75. The van der Waals surface area contributed by atoms with Gasteiger partial charge < -0.3 is 9.64 Å². The molecule has 122 valence electrons. The Labute approximate surface area is 139 Å². The minimum atomic E-state index is -0.756. The molecule has 1 aliphatic rings. The van der Waals surface area contributed by atoms with Crippen LogP contribution in [-0.4, -0.2) is 41.0 Å². The Kier molecular flexibility index (Phi) is 4.61. The van der Waals surface area contributed by atoms with Gasteiger partial charge in [0.1, 0.15) is 0 Å². The van der Waals surface area contributed by atoms with E-state index in [0.717, 1.165) is 36.1 Å². The summed E-state index contributed by atoms with van der Waals surface area (Å²) in [6, 6.07) is 5.24. The Bertz CT molecular complexity index is 719. The van der Waals surface area contributed by atoms with E-state index in [1.165, 1.54) is 11.3 Å². The van der Waals surface area contributed by atoms with Crippen LogP contribution in [0.1, 0.15) is 37.0 Å². The molecule has 1 aromatic carbocycles. The second-order valence-corrected chi connectivity index (χ2v) is 6.98. The minimum Gasteiger partial charge on any atom is -0.449 e. The summed E-state index contributed by atoms with van der Waals surface area (Å²) in [5.74, 6) is 0.0821. The van der Waals surface area contributed by atoms with Crippen molar-refractivity contribution in [2.75, 3.05) is 13.1 Å². The zero-order valence-electron chi connectivity index (χ0n) is 13.3. The van der Waals surface area contributed by atoms with Crippen LogP contribution in [0.5, 0.6) is 0 Å². The highest BCUT2D eigenvalue weighted by atomic mass is 32.1. The van der Waals surface area contributed by atoms with Crippen LogP contribution < -0.4 is 0 Å². The first-order chi connectivity index (χ1) is 11.0. The number of piperidine rings is 1. The van der Waals surface area contributed by atoms with Crippen LogP contribution >= 0.6 is 11.3 Å². The number of thiazole rings is 1. The SMILES string of the molecule is CC1CCN(C(=O)[C@@H](C)OC(=O)c2ccc3ncsc3c2)CC1. The monoisotopic (exact) mass is 332 g/mol. The Morgan fingerprint density at radius 1 is 1.35 bits per heavy atom. The highest BCUT2D eigenvalue weighted by molar-refractivity contribution is 7.16. The fourth-order valence-corrected chi connectivity index (χ4v) is 3.46. The molecule has 23 heavy (non-hydrogen) atoms. The molecule has 2 heterocycles. The molecule has 0 aliphatic carbocycles. The van der Waals surface area contributed by atoms with Crippen molar-refractivity contribution in [3.05, 3.63) is 29.3 Å². The van der Waals surface area contributed by atoms with Crippen molar-refractivity contribution in [1.82, 2.24) is 9.88 Å². The summed E-state index contributed by atoms with van der Waals surface area (Å²) < 4.78 is 6.29. The number of esters is 1. The maximum atomic E-state index is 12.4. The van der Waals surface area contributed by atoms with Crippen LogP contribution in [0.25, 0.3) is 10.2 Å². The molecule has 6 heteroatoms. The molecule has 0 N–H and O–H groups in total. The van der Waals surface area contributed by atoms with Gasteiger partial charge in [0.15, 0.2) is 6.10 Å². The number of ether oxygens (including phenoxy) is 1. The van der Waals surface area contributed by atoms with E-state index in [0.29, 0.717) is 11.5 Å². The number of hydrogen-bond donors (Lipinski definition) is 0. The maximum Gasteiger partial charge on any atom is 0.338 e. The number of carbonyl (C=O) groups is 2. The predicted molar refractivity (Wildman–Crippen MR) is 89.5 cm³/mol. The molecule has 1 saturated heterocycles. The highest BCUT2D eigenvalue weighted by Crippen LogP contribution is 2.21. The van der Waals surface area contributed by atoms with Gasteiger partial charge in [0.05, 0.1) is 21.3 Å². The number of amides is 1. The Morgan fingerprint density at radius 2 is 2.09 bits per heavy atom. The highest BCUT2D eigenvalue weighted by Gasteiger charge is 2.27. The first-order valence-corrected chi connectivity index (χ1v) is 8.75. The molecule has 0 bridgehead atoms. The second-order valence-electron chi connectivity index (χ2n) is 6.09. The van der Waals surface area contributed by atoms with Gasteiger partial charge in [-0.25, -0.2) is 9.78 Å². The van der Waals surface area contributed by atoms with Gasteiger partial charge in [-0.1, -0.05) is 6.92 Å². The summed E-state index contributed by atoms with van der Waals surface area (Å²) in [5.41, 5.74) is 3.05. The van der Waals surface area contributed by atoms with E-state index in [9.17, 15) is 9.59 Å². The molecule has 0 radical (unpaired) electrons. The van der Waals surface area contributed by atoms with E-state index in [4.69, 9.17) is 4.74 Å². The van der Waals surface area contributed by atoms with E-state index >= 15 is 0 Å². The number of carbonyl (C=O) groups excluding carboxylic acids is 2. The standard InChI is InChI=1S/C17H20N2O3S/c1-11-5-7-19(8-6-11)16(20)12(2)22-17(21)13-3-4-14-15(9-13)23-10-18-14/h3-4,9-12H,5-8H2,1-2H3/t12-/m1/s1. The molecule has 1 aromatic heterocycles. The summed E-state index contributed by atoms with van der Waals surface area (Å²) >= 11 is 1.47. The van der Waals surface area contributed by atoms with Crippen molar-refractivity contribution in [3.63, 3.8) is 0 Å². The second kappa shape index (κ2) is 6.66. The molecular formula is C17H20N2O3S. The number of rotatable bonds is 3. The molecule has 1 aliphatic heterocycles. The third-order valence-corrected chi connectivity index (χ3v) is 5.09. The molecule has 0 spiro atoms. The maximum absolute atomic E-state index is 12.4. The van der Waals surface area contributed by atoms with Gasteiger partial charge in [-0.15, -0.1) is 11.3 Å². The number of hydrogen-bond acceptors (Lipinski definition) is 5. The largest absolute Gasteiger partial charge is 0.449 e. The molecule has 0 unspecified atom stereocenters. The lowest BCUT2D eigenvalue weighted by Gasteiger charge is -2.31. The van der Waals surface area contributed by atoms with Crippen LogP contribution in [-0.2, 0) is 9.53 Å². The van der Waals surface area contributed by atoms with Gasteiger partial charge >= 0.3 is 5.97 Å². The summed E-state index contributed by atoms with van der Waals surface area (Å²) in [4.78, 5) is 30.6. The van der Waals surface area contributed by atoms with Gasteiger partial charge in [-0.2, -0.15) is 0 Å². The number of nitrogens with zero attached hydrogens (tertiary/aromatic N) is 2. The quantitative estimate of drug-likeness (QED) is 0.810. The lowest BCUT2D eigenvalue weighted by Crippen LogP contribution is -2.44. The third-order valence-electron chi connectivity index (χ3n) is 4.29. The van der Waals surface area contributed by atoms with Gasteiger partial charge in [-0.05, 0) is 43.9 Å². The van der Waals surface area contributed by atoms with Gasteiger partial charge in [0.2, 0.25) is 0 Å². The normalized spacial score (nSPS) is 17.2. The molecule has 1 atom stereocenters. The predicted octanol–water partition coefficient (Wildman–Crippen LogP) is 3.10. The van der Waals surface area contributed by atoms with Crippen LogP contribution in [0.15, 0.2) is 23.7 Å². The lowest BCUT2D eigenvalue weighted by atomic mass is 9.99. The molecule has 2 aromatic rings. The van der Waals surface area contributed by atoms with Gasteiger partial charge in [-0.3, -0.25) is 4.79 Å². The van der Waals surface area contributed by atoms with E-state index in [2.05, 4.69) is 11.9 Å². The summed E-state index contributed by atoms with van der Waals surface area (Å²) in [5, 5.41) is 0. The van der Waals surface area contributed by atoms with Gasteiger partial charge in [0, 0.05) is 13.1 Å². The molecule has 3 rings (SSSR count). The van der Waals surface area contributed by atoms with E-state index in [-0.39, 0.29) is 5.91 Å². The molecular weight excluding hydrogens is 312 g/mol. The Morgan fingerprint density at radius 3 is 2.83 bits per heavy atom. The molecule has 1 amide bonds. The average molecular weight is 332 g/mol.